The van der Waals surface area contributed by atoms with Crippen LogP contribution in [0.25, 0.3) is 11.0 Å². The molecule has 84 valence electrons. The fourth-order valence-electron chi connectivity index (χ4n) is 1.38. The number of benzene rings is 1. The summed E-state index contributed by atoms with van der Waals surface area (Å²) in [7, 11) is 0. The summed E-state index contributed by atoms with van der Waals surface area (Å²) in [6.45, 7) is 0.202. The van der Waals surface area contributed by atoms with E-state index in [1.165, 1.54) is 11.8 Å². The van der Waals surface area contributed by atoms with Gasteiger partial charge in [0.15, 0.2) is 0 Å². The molecule has 1 aromatic carbocycles. The minimum Gasteiger partial charge on any atom is -0.457 e. The van der Waals surface area contributed by atoms with Gasteiger partial charge in [0.2, 0.25) is 0 Å². The van der Waals surface area contributed by atoms with Crippen LogP contribution in [0.15, 0.2) is 24.3 Å². The Bertz CT molecular complexity index is 462. The third-order valence-corrected chi connectivity index (χ3v) is 2.59. The largest absolute Gasteiger partial charge is 0.457 e. The normalized spacial score (nSPS) is 10.6. The predicted octanol–water partition coefficient (Wildman–Crippen LogP) is 1.97. The lowest BCUT2D eigenvalue weighted by Gasteiger charge is -1.99. The van der Waals surface area contributed by atoms with Gasteiger partial charge in [-0.2, -0.15) is 11.8 Å². The molecule has 0 bridgehead atoms. The summed E-state index contributed by atoms with van der Waals surface area (Å²) in [5.74, 6) is 0.837. The van der Waals surface area contributed by atoms with E-state index in [4.69, 9.17) is 4.74 Å². The Kier molecular flexibility index (Phi) is 3.46. The van der Waals surface area contributed by atoms with Crippen molar-refractivity contribution < 1.29 is 9.53 Å². The molecule has 0 atom stereocenters. The van der Waals surface area contributed by atoms with Gasteiger partial charge in [0, 0.05) is 0 Å². The molecule has 5 heteroatoms. The van der Waals surface area contributed by atoms with E-state index >= 15 is 0 Å². The van der Waals surface area contributed by atoms with Crippen LogP contribution < -0.4 is 0 Å². The van der Waals surface area contributed by atoms with Crippen LogP contribution in [0.5, 0.6) is 0 Å². The lowest BCUT2D eigenvalue weighted by Crippen LogP contribution is -2.07. The number of fused-ring (bicyclic) bond motifs is 1. The Morgan fingerprint density at radius 3 is 3.06 bits per heavy atom. The number of nitrogens with zero attached hydrogens (tertiary/aromatic N) is 1. The number of rotatable bonds is 4. The quantitative estimate of drug-likeness (QED) is 0.825. The smallest absolute Gasteiger partial charge is 0.316 e. The van der Waals surface area contributed by atoms with Gasteiger partial charge in [-0.05, 0) is 18.4 Å². The molecule has 4 nitrogen and oxygen atoms in total. The first-order valence-corrected chi connectivity index (χ1v) is 6.27. The van der Waals surface area contributed by atoms with E-state index in [-0.39, 0.29) is 12.6 Å². The molecule has 2 rings (SSSR count). The molecular formula is C11H12N2O2S. The molecule has 16 heavy (non-hydrogen) atoms. The topological polar surface area (TPSA) is 55.0 Å². The van der Waals surface area contributed by atoms with Crippen molar-refractivity contribution in [3.05, 3.63) is 30.1 Å². The van der Waals surface area contributed by atoms with Crippen LogP contribution in [0.1, 0.15) is 5.82 Å². The monoisotopic (exact) mass is 236 g/mol. The van der Waals surface area contributed by atoms with Crippen molar-refractivity contribution >= 4 is 28.8 Å². The summed E-state index contributed by atoms with van der Waals surface area (Å²) >= 11 is 1.44. The Hall–Kier alpha value is -1.49. The number of carbonyl (C=O) groups excluding carboxylic acids is 1. The number of imidazole rings is 1. The van der Waals surface area contributed by atoms with Crippen molar-refractivity contribution in [3.8, 4) is 0 Å². The maximum Gasteiger partial charge on any atom is 0.316 e. The van der Waals surface area contributed by atoms with Gasteiger partial charge in [-0.15, -0.1) is 0 Å². The number of carbonyl (C=O) groups is 1. The molecule has 0 aliphatic rings. The standard InChI is InChI=1S/C11H12N2O2S/c1-16-7-11(14)15-6-10-12-8-4-2-3-5-9(8)13-10/h2-5H,6-7H2,1H3,(H,12,13). The van der Waals surface area contributed by atoms with E-state index in [0.29, 0.717) is 11.6 Å². The molecule has 0 saturated heterocycles. The van der Waals surface area contributed by atoms with Crippen LogP contribution in [0, 0.1) is 0 Å². The first-order valence-electron chi connectivity index (χ1n) is 4.88. The summed E-state index contributed by atoms with van der Waals surface area (Å²) in [6.07, 6.45) is 1.86. The zero-order valence-electron chi connectivity index (χ0n) is 8.90. The van der Waals surface area contributed by atoms with Crippen LogP contribution in [0.4, 0.5) is 0 Å². The second-order valence-corrected chi connectivity index (χ2v) is 4.16. The lowest BCUT2D eigenvalue weighted by atomic mass is 10.3. The van der Waals surface area contributed by atoms with Gasteiger partial charge >= 0.3 is 5.97 Å². The first kappa shape index (κ1) is 11.0. The van der Waals surface area contributed by atoms with Gasteiger partial charge in [0.05, 0.1) is 16.8 Å². The summed E-state index contributed by atoms with van der Waals surface area (Å²) in [6, 6.07) is 7.71. The fourth-order valence-corrected chi connectivity index (χ4v) is 1.70. The number of aromatic amines is 1. The summed E-state index contributed by atoms with van der Waals surface area (Å²) in [5.41, 5.74) is 1.84. The molecule has 0 saturated carbocycles. The maximum atomic E-state index is 11.1. The lowest BCUT2D eigenvalue weighted by molar-refractivity contribution is -0.141. The zero-order chi connectivity index (χ0) is 11.4. The number of aromatic nitrogens is 2. The number of ether oxygens (including phenoxy) is 1. The number of nitrogens with one attached hydrogen (secondary N) is 1. The second kappa shape index (κ2) is 5.03. The second-order valence-electron chi connectivity index (χ2n) is 3.29. The highest BCUT2D eigenvalue weighted by atomic mass is 32.2. The molecule has 0 unspecified atom stereocenters. The minimum atomic E-state index is -0.215. The molecule has 0 aliphatic carbocycles. The SMILES string of the molecule is CSCC(=O)OCc1nc2ccccc2[nH]1. The van der Waals surface area contributed by atoms with E-state index in [0.717, 1.165) is 11.0 Å². The van der Waals surface area contributed by atoms with Crippen LogP contribution in [-0.2, 0) is 16.1 Å². The molecule has 0 radical (unpaired) electrons. The van der Waals surface area contributed by atoms with E-state index in [1.54, 1.807) is 0 Å². The predicted molar refractivity (Wildman–Crippen MR) is 64.3 cm³/mol. The van der Waals surface area contributed by atoms with Crippen LogP contribution in [-0.4, -0.2) is 27.9 Å². The Morgan fingerprint density at radius 2 is 2.31 bits per heavy atom. The van der Waals surface area contributed by atoms with Crippen molar-refractivity contribution in [2.75, 3.05) is 12.0 Å². The van der Waals surface area contributed by atoms with Crippen LogP contribution in [0.2, 0.25) is 0 Å². The number of para-hydroxylation sites is 2. The number of hydrogen-bond acceptors (Lipinski definition) is 4. The van der Waals surface area contributed by atoms with Crippen molar-refractivity contribution in [1.29, 1.82) is 0 Å². The van der Waals surface area contributed by atoms with E-state index < -0.39 is 0 Å². The Balaban J connectivity index is 2.02. The van der Waals surface area contributed by atoms with Crippen molar-refractivity contribution in [3.63, 3.8) is 0 Å². The minimum absolute atomic E-state index is 0.202. The summed E-state index contributed by atoms with van der Waals surface area (Å²) in [5, 5.41) is 0. The number of hydrogen-bond donors (Lipinski definition) is 1. The van der Waals surface area contributed by atoms with Crippen molar-refractivity contribution in [2.45, 2.75) is 6.61 Å². The highest BCUT2D eigenvalue weighted by Crippen LogP contribution is 2.10. The van der Waals surface area contributed by atoms with Crippen LogP contribution in [0.3, 0.4) is 0 Å². The maximum absolute atomic E-state index is 11.1. The first-order chi connectivity index (χ1) is 7.79. The molecule has 0 aliphatic heterocycles. The van der Waals surface area contributed by atoms with Crippen molar-refractivity contribution in [2.24, 2.45) is 0 Å². The van der Waals surface area contributed by atoms with E-state index in [2.05, 4.69) is 9.97 Å². The van der Waals surface area contributed by atoms with Gasteiger partial charge < -0.3 is 9.72 Å². The average molecular weight is 236 g/mol. The van der Waals surface area contributed by atoms with Gasteiger partial charge in [0.25, 0.3) is 0 Å². The summed E-state index contributed by atoms with van der Waals surface area (Å²) in [4.78, 5) is 18.5. The van der Waals surface area contributed by atoms with Crippen molar-refractivity contribution in [1.82, 2.24) is 9.97 Å². The number of thioether (sulfide) groups is 1. The highest BCUT2D eigenvalue weighted by Gasteiger charge is 2.05. The molecule has 1 heterocycles. The number of H-pyrrole nitrogens is 1. The molecule has 0 amide bonds. The third kappa shape index (κ3) is 2.55. The molecule has 0 fully saturated rings. The summed E-state index contributed by atoms with van der Waals surface area (Å²) < 4.78 is 5.04. The molecule has 2 aromatic rings. The van der Waals surface area contributed by atoms with E-state index in [9.17, 15) is 4.79 Å². The fraction of sp³-hybridized carbons (Fsp3) is 0.273. The molecular weight excluding hydrogens is 224 g/mol. The Labute approximate surface area is 97.4 Å². The zero-order valence-corrected chi connectivity index (χ0v) is 9.71. The molecule has 1 aromatic heterocycles. The van der Waals surface area contributed by atoms with Gasteiger partial charge in [-0.1, -0.05) is 12.1 Å². The van der Waals surface area contributed by atoms with Gasteiger partial charge in [-0.3, -0.25) is 4.79 Å². The highest BCUT2D eigenvalue weighted by molar-refractivity contribution is 7.99. The van der Waals surface area contributed by atoms with Crippen LogP contribution >= 0.6 is 11.8 Å². The third-order valence-electron chi connectivity index (χ3n) is 2.07. The average Bonchev–Trinajstić information content (AvgIpc) is 2.69. The molecule has 1 N–H and O–H groups in total. The number of esters is 1. The van der Waals surface area contributed by atoms with E-state index in [1.807, 2.05) is 30.5 Å². The Morgan fingerprint density at radius 1 is 1.50 bits per heavy atom. The molecule has 0 spiro atoms. The van der Waals surface area contributed by atoms with Gasteiger partial charge in [0.1, 0.15) is 12.4 Å². The van der Waals surface area contributed by atoms with Gasteiger partial charge in [-0.25, -0.2) is 4.98 Å².